The van der Waals surface area contributed by atoms with Gasteiger partial charge in [0.15, 0.2) is 0 Å². The van der Waals surface area contributed by atoms with E-state index in [-0.39, 0.29) is 36.4 Å². The number of aromatic nitrogens is 1. The first-order chi connectivity index (χ1) is 9.96. The molecule has 2 rings (SSSR count). The lowest BCUT2D eigenvalue weighted by molar-refractivity contribution is -0.129. The van der Waals surface area contributed by atoms with Gasteiger partial charge in [0.25, 0.3) is 0 Å². The molecule has 1 saturated heterocycles. The smallest absolute Gasteiger partial charge is 0.245 e. The Morgan fingerprint density at radius 2 is 2.33 bits per heavy atom. The largest absolute Gasteiger partial charge is 0.384 e. The molecule has 1 aromatic heterocycles. The average Bonchev–Trinajstić information content (AvgIpc) is 2.48. The lowest BCUT2D eigenvalue weighted by atomic mass is 10.2. The summed E-state index contributed by atoms with van der Waals surface area (Å²) in [7, 11) is -3.82. The SMILES string of the molecule is CCNC(=O)C1COCCN1S(=O)(=O)c1ccc(N)nc1. The Hall–Kier alpha value is -1.71. The van der Waals surface area contributed by atoms with Crippen LogP contribution in [0, 0.1) is 0 Å². The molecule has 1 amide bonds. The molecular weight excluding hydrogens is 296 g/mol. The normalized spacial score (nSPS) is 20.1. The third-order valence-corrected chi connectivity index (χ3v) is 4.99. The van der Waals surface area contributed by atoms with Crippen molar-refractivity contribution >= 4 is 21.7 Å². The highest BCUT2D eigenvalue weighted by Gasteiger charge is 2.38. The zero-order valence-electron chi connectivity index (χ0n) is 11.7. The monoisotopic (exact) mass is 314 g/mol. The minimum absolute atomic E-state index is 0.00731. The second-order valence-corrected chi connectivity index (χ2v) is 6.41. The molecule has 0 spiro atoms. The Kier molecular flexibility index (Phi) is 4.76. The maximum atomic E-state index is 12.6. The summed E-state index contributed by atoms with van der Waals surface area (Å²) in [6.07, 6.45) is 1.19. The van der Waals surface area contributed by atoms with Gasteiger partial charge in [-0.2, -0.15) is 4.31 Å². The van der Waals surface area contributed by atoms with E-state index < -0.39 is 16.1 Å². The molecule has 1 aliphatic heterocycles. The number of amides is 1. The van der Waals surface area contributed by atoms with Crippen LogP contribution in [0.5, 0.6) is 0 Å². The van der Waals surface area contributed by atoms with Crippen molar-refractivity contribution in [2.24, 2.45) is 0 Å². The number of nitrogens with one attached hydrogen (secondary N) is 1. The number of morpholine rings is 1. The Bertz CT molecular complexity index is 602. The topological polar surface area (TPSA) is 115 Å². The summed E-state index contributed by atoms with van der Waals surface area (Å²) < 4.78 is 31.6. The number of carbonyl (C=O) groups is 1. The zero-order valence-corrected chi connectivity index (χ0v) is 12.5. The number of nitrogen functional groups attached to an aromatic ring is 1. The molecule has 21 heavy (non-hydrogen) atoms. The summed E-state index contributed by atoms with van der Waals surface area (Å²) in [5.41, 5.74) is 5.46. The number of rotatable bonds is 4. The van der Waals surface area contributed by atoms with E-state index in [0.29, 0.717) is 6.54 Å². The first-order valence-corrected chi connectivity index (χ1v) is 7.99. The number of likely N-dealkylation sites (N-methyl/N-ethyl adjacent to an activating group) is 1. The van der Waals surface area contributed by atoms with Crippen LogP contribution >= 0.6 is 0 Å². The number of hydrogen-bond donors (Lipinski definition) is 2. The van der Waals surface area contributed by atoms with Crippen LogP contribution in [-0.4, -0.2) is 56.0 Å². The number of nitrogens with zero attached hydrogens (tertiary/aromatic N) is 2. The summed E-state index contributed by atoms with van der Waals surface area (Å²) in [6.45, 7) is 2.59. The van der Waals surface area contributed by atoms with Crippen molar-refractivity contribution in [1.82, 2.24) is 14.6 Å². The van der Waals surface area contributed by atoms with Gasteiger partial charge in [0.05, 0.1) is 13.2 Å². The van der Waals surface area contributed by atoms with Crippen LogP contribution in [-0.2, 0) is 19.6 Å². The van der Waals surface area contributed by atoms with Crippen molar-refractivity contribution in [3.63, 3.8) is 0 Å². The molecule has 0 aliphatic carbocycles. The van der Waals surface area contributed by atoms with Crippen LogP contribution in [0.3, 0.4) is 0 Å². The molecule has 3 N–H and O–H groups in total. The molecule has 0 radical (unpaired) electrons. The van der Waals surface area contributed by atoms with Gasteiger partial charge in [-0.1, -0.05) is 0 Å². The van der Waals surface area contributed by atoms with Gasteiger partial charge in [-0.15, -0.1) is 0 Å². The molecule has 9 heteroatoms. The van der Waals surface area contributed by atoms with E-state index in [9.17, 15) is 13.2 Å². The van der Waals surface area contributed by atoms with Gasteiger partial charge in [-0.3, -0.25) is 4.79 Å². The van der Waals surface area contributed by atoms with Crippen LogP contribution < -0.4 is 11.1 Å². The number of ether oxygens (including phenoxy) is 1. The van der Waals surface area contributed by atoms with Crippen molar-refractivity contribution < 1.29 is 17.9 Å². The Labute approximate surface area is 123 Å². The quantitative estimate of drug-likeness (QED) is 0.751. The first-order valence-electron chi connectivity index (χ1n) is 6.55. The molecule has 0 saturated carbocycles. The minimum atomic E-state index is -3.82. The fourth-order valence-electron chi connectivity index (χ4n) is 2.05. The summed E-state index contributed by atoms with van der Waals surface area (Å²) >= 11 is 0. The summed E-state index contributed by atoms with van der Waals surface area (Å²) in [4.78, 5) is 15.8. The number of nitrogens with two attached hydrogens (primary N) is 1. The zero-order chi connectivity index (χ0) is 15.5. The van der Waals surface area contributed by atoms with Crippen LogP contribution in [0.2, 0.25) is 0 Å². The lowest BCUT2D eigenvalue weighted by Crippen LogP contribution is -2.55. The third-order valence-electron chi connectivity index (χ3n) is 3.10. The number of pyridine rings is 1. The number of anilines is 1. The van der Waals surface area contributed by atoms with Gasteiger partial charge in [0.2, 0.25) is 15.9 Å². The van der Waals surface area contributed by atoms with Crippen molar-refractivity contribution in [2.45, 2.75) is 17.9 Å². The summed E-state index contributed by atoms with van der Waals surface area (Å²) in [5, 5.41) is 2.62. The van der Waals surface area contributed by atoms with Crippen LogP contribution in [0.15, 0.2) is 23.2 Å². The van der Waals surface area contributed by atoms with Gasteiger partial charge in [-0.25, -0.2) is 13.4 Å². The fourth-order valence-corrected chi connectivity index (χ4v) is 3.56. The molecule has 8 nitrogen and oxygen atoms in total. The molecule has 0 bridgehead atoms. The lowest BCUT2D eigenvalue weighted by Gasteiger charge is -2.33. The average molecular weight is 314 g/mol. The molecule has 116 valence electrons. The molecule has 1 unspecified atom stereocenters. The van der Waals surface area contributed by atoms with Crippen molar-refractivity contribution in [3.05, 3.63) is 18.3 Å². The van der Waals surface area contributed by atoms with Crippen molar-refractivity contribution in [3.8, 4) is 0 Å². The predicted molar refractivity (Wildman–Crippen MR) is 75.8 cm³/mol. The van der Waals surface area contributed by atoms with Gasteiger partial charge < -0.3 is 15.8 Å². The Morgan fingerprint density at radius 3 is 2.95 bits per heavy atom. The van der Waals surface area contributed by atoms with Crippen LogP contribution in [0.1, 0.15) is 6.92 Å². The summed E-state index contributed by atoms with van der Waals surface area (Å²) in [6, 6.07) is 1.91. The molecular formula is C12H18N4O4S. The highest BCUT2D eigenvalue weighted by molar-refractivity contribution is 7.89. The second kappa shape index (κ2) is 6.37. The molecule has 1 aliphatic rings. The predicted octanol–water partition coefficient (Wildman–Crippen LogP) is -0.811. The van der Waals surface area contributed by atoms with Crippen LogP contribution in [0.4, 0.5) is 5.82 Å². The van der Waals surface area contributed by atoms with Crippen LogP contribution in [0.25, 0.3) is 0 Å². The highest BCUT2D eigenvalue weighted by Crippen LogP contribution is 2.20. The first kappa shape index (κ1) is 15.7. The summed E-state index contributed by atoms with van der Waals surface area (Å²) in [5.74, 6) is -0.139. The van der Waals surface area contributed by atoms with E-state index in [1.165, 1.54) is 18.3 Å². The molecule has 1 aromatic rings. The highest BCUT2D eigenvalue weighted by atomic mass is 32.2. The van der Waals surface area contributed by atoms with E-state index in [2.05, 4.69) is 10.3 Å². The van der Waals surface area contributed by atoms with Gasteiger partial charge in [0, 0.05) is 19.3 Å². The number of carbonyl (C=O) groups excluding carboxylic acids is 1. The van der Waals surface area contributed by atoms with Gasteiger partial charge >= 0.3 is 0 Å². The van der Waals surface area contributed by atoms with Gasteiger partial charge in [0.1, 0.15) is 16.8 Å². The second-order valence-electron chi connectivity index (χ2n) is 4.52. The maximum Gasteiger partial charge on any atom is 0.245 e. The van der Waals surface area contributed by atoms with E-state index in [0.717, 1.165) is 4.31 Å². The third kappa shape index (κ3) is 3.31. The molecule has 2 heterocycles. The standard InChI is InChI=1S/C12H18N4O4S/c1-2-14-12(17)10-8-20-6-5-16(10)21(18,19)9-3-4-11(13)15-7-9/h3-4,7,10H,2,5-6,8H2,1H3,(H2,13,15)(H,14,17). The van der Waals surface area contributed by atoms with Gasteiger partial charge in [-0.05, 0) is 19.1 Å². The molecule has 1 fully saturated rings. The Morgan fingerprint density at radius 1 is 1.57 bits per heavy atom. The van der Waals surface area contributed by atoms with E-state index in [4.69, 9.17) is 10.5 Å². The number of hydrogen-bond acceptors (Lipinski definition) is 6. The maximum absolute atomic E-state index is 12.6. The van der Waals surface area contributed by atoms with E-state index >= 15 is 0 Å². The Balaban J connectivity index is 2.31. The van der Waals surface area contributed by atoms with Crippen molar-refractivity contribution in [1.29, 1.82) is 0 Å². The fraction of sp³-hybridized carbons (Fsp3) is 0.500. The molecule has 1 atom stereocenters. The minimum Gasteiger partial charge on any atom is -0.384 e. The van der Waals surface area contributed by atoms with E-state index in [1.54, 1.807) is 6.92 Å². The molecule has 0 aromatic carbocycles. The van der Waals surface area contributed by atoms with Crippen molar-refractivity contribution in [2.75, 3.05) is 32.0 Å². The number of sulfonamides is 1. The van der Waals surface area contributed by atoms with E-state index in [1.807, 2.05) is 0 Å².